The van der Waals surface area contributed by atoms with Gasteiger partial charge in [0.25, 0.3) is 5.91 Å². The van der Waals surface area contributed by atoms with E-state index < -0.39 is 34.8 Å². The van der Waals surface area contributed by atoms with Crippen LogP contribution in [-0.4, -0.2) is 46.8 Å². The van der Waals surface area contributed by atoms with Crippen LogP contribution in [-0.2, 0) is 14.4 Å². The Hall–Kier alpha value is -4.26. The first-order chi connectivity index (χ1) is 20.2. The van der Waals surface area contributed by atoms with E-state index in [9.17, 15) is 24.3 Å². The third kappa shape index (κ3) is 5.13. The number of carbonyl (C=O) groups excluding carboxylic acids is 3. The molecule has 214 valence electrons. The van der Waals surface area contributed by atoms with Gasteiger partial charge >= 0.3 is 4.87 Å². The third-order valence-electron chi connectivity index (χ3n) is 6.97. The smallest absolute Gasteiger partial charge is 0.305 e. The number of ether oxygens (including phenoxy) is 2. The summed E-state index contributed by atoms with van der Waals surface area (Å²) in [5.41, 5.74) is 1.36. The maximum absolute atomic E-state index is 14.0. The van der Waals surface area contributed by atoms with Crippen LogP contribution in [0.25, 0.3) is 0 Å². The van der Waals surface area contributed by atoms with Crippen LogP contribution < -0.4 is 24.6 Å². The number of methoxy groups -OCH3 is 1. The summed E-state index contributed by atoms with van der Waals surface area (Å²) >= 11 is 8.53. The largest absolute Gasteiger partial charge is 0.508 e. The van der Waals surface area contributed by atoms with Gasteiger partial charge in [-0.25, -0.2) is 4.90 Å². The molecule has 0 bridgehead atoms. The molecule has 13 heteroatoms. The maximum Gasteiger partial charge on any atom is 0.305 e. The first kappa shape index (κ1) is 27.9. The topological polar surface area (TPSA) is 138 Å². The number of hydrogen-bond donors (Lipinski definition) is 3. The molecule has 3 N–H and O–H groups in total. The molecule has 2 aliphatic rings. The second-order valence-electron chi connectivity index (χ2n) is 9.53. The molecule has 3 heterocycles. The second-order valence-corrected chi connectivity index (χ2v) is 12.1. The normalized spacial score (nSPS) is 19.3. The number of hydrogen-bond acceptors (Lipinski definition) is 9. The van der Waals surface area contributed by atoms with Crippen LogP contribution in [0.1, 0.15) is 16.4 Å². The van der Waals surface area contributed by atoms with Crippen molar-refractivity contribution in [1.29, 1.82) is 0 Å². The second kappa shape index (κ2) is 11.2. The van der Waals surface area contributed by atoms with E-state index in [2.05, 4.69) is 10.3 Å². The van der Waals surface area contributed by atoms with Gasteiger partial charge in [-0.2, -0.15) is 0 Å². The summed E-state index contributed by atoms with van der Waals surface area (Å²) < 4.78 is 11.1. The average molecular weight is 624 g/mol. The van der Waals surface area contributed by atoms with E-state index in [-0.39, 0.29) is 23.0 Å². The molecular formula is C29H22ClN3O7S2. The number of benzene rings is 3. The van der Waals surface area contributed by atoms with Crippen LogP contribution in [0.4, 0.5) is 11.4 Å². The van der Waals surface area contributed by atoms with Gasteiger partial charge < -0.3 is 24.9 Å². The Morgan fingerprint density at radius 2 is 1.79 bits per heavy atom. The molecule has 6 rings (SSSR count). The van der Waals surface area contributed by atoms with Crippen molar-refractivity contribution in [1.82, 2.24) is 4.98 Å². The maximum atomic E-state index is 14.0. The van der Waals surface area contributed by atoms with Gasteiger partial charge in [0, 0.05) is 27.1 Å². The third-order valence-corrected chi connectivity index (χ3v) is 9.61. The minimum Gasteiger partial charge on any atom is -0.508 e. The number of carbonyl (C=O) groups is 3. The highest BCUT2D eigenvalue weighted by Gasteiger charge is 2.56. The number of H-pyrrole nitrogens is 1. The Labute approximate surface area is 252 Å². The number of aromatic hydroxyl groups is 1. The summed E-state index contributed by atoms with van der Waals surface area (Å²) in [5, 5.41) is 12.2. The fourth-order valence-corrected chi connectivity index (χ4v) is 7.80. The van der Waals surface area contributed by atoms with Crippen LogP contribution in [0.2, 0.25) is 5.02 Å². The van der Waals surface area contributed by atoms with Crippen molar-refractivity contribution in [2.45, 2.75) is 16.2 Å². The van der Waals surface area contributed by atoms with Gasteiger partial charge in [-0.1, -0.05) is 34.7 Å². The van der Waals surface area contributed by atoms with Crippen LogP contribution in [0, 0.1) is 5.92 Å². The van der Waals surface area contributed by atoms with Crippen molar-refractivity contribution in [2.24, 2.45) is 5.92 Å². The van der Waals surface area contributed by atoms with Crippen LogP contribution in [0.3, 0.4) is 0 Å². The highest BCUT2D eigenvalue weighted by atomic mass is 35.5. The lowest BCUT2D eigenvalue weighted by molar-refractivity contribution is -0.122. The van der Waals surface area contributed by atoms with Gasteiger partial charge in [0.05, 0.1) is 23.7 Å². The molecule has 3 atom stereocenters. The number of imide groups is 1. The first-order valence-electron chi connectivity index (χ1n) is 12.7. The highest BCUT2D eigenvalue weighted by Crippen LogP contribution is 2.54. The summed E-state index contributed by atoms with van der Waals surface area (Å²) in [5.74, 6) is -1.96. The molecule has 3 amide bonds. The fourth-order valence-electron chi connectivity index (χ4n) is 5.12. The van der Waals surface area contributed by atoms with Crippen molar-refractivity contribution >= 4 is 63.8 Å². The summed E-state index contributed by atoms with van der Waals surface area (Å²) in [6.45, 7) is -0.369. The number of rotatable bonds is 7. The van der Waals surface area contributed by atoms with Crippen LogP contribution >= 0.6 is 34.7 Å². The Morgan fingerprint density at radius 3 is 2.50 bits per heavy atom. The van der Waals surface area contributed by atoms with E-state index in [1.165, 1.54) is 24.1 Å². The van der Waals surface area contributed by atoms with E-state index in [1.54, 1.807) is 54.6 Å². The minimum absolute atomic E-state index is 0.0657. The zero-order valence-electron chi connectivity index (χ0n) is 21.8. The molecular weight excluding hydrogens is 602 g/mol. The lowest BCUT2D eigenvalue weighted by atomic mass is 9.82. The Bertz CT molecular complexity index is 1750. The predicted octanol–water partition coefficient (Wildman–Crippen LogP) is 4.62. The van der Waals surface area contributed by atoms with Gasteiger partial charge in [-0.05, 0) is 66.7 Å². The van der Waals surface area contributed by atoms with Crippen molar-refractivity contribution in [2.75, 3.05) is 23.9 Å². The number of thiazole rings is 1. The van der Waals surface area contributed by atoms with E-state index in [0.717, 1.165) is 23.1 Å². The van der Waals surface area contributed by atoms with Gasteiger partial charge in [-0.3, -0.25) is 19.2 Å². The molecule has 1 saturated heterocycles. The number of aromatic nitrogens is 1. The number of phenols is 1. The quantitative estimate of drug-likeness (QED) is 0.200. The molecule has 1 aromatic heterocycles. The number of aromatic amines is 1. The molecule has 0 saturated carbocycles. The van der Waals surface area contributed by atoms with Crippen molar-refractivity contribution in [3.63, 3.8) is 0 Å². The SMILES string of the molecule is COc1ccc(N2C(=O)C3Sc4[nH]c(=O)sc4C(c4cc(Cl)ccc4OCC(=O)Nc4ccc(O)cc4)C3C2=O)cc1. The molecule has 2 aliphatic heterocycles. The summed E-state index contributed by atoms with van der Waals surface area (Å²) in [6.07, 6.45) is 0. The van der Waals surface area contributed by atoms with Crippen LogP contribution in [0.15, 0.2) is 76.6 Å². The van der Waals surface area contributed by atoms with Gasteiger partial charge in [-0.15, -0.1) is 0 Å². The molecule has 10 nitrogen and oxygen atoms in total. The molecule has 0 aliphatic carbocycles. The molecule has 0 spiro atoms. The molecule has 42 heavy (non-hydrogen) atoms. The van der Waals surface area contributed by atoms with Gasteiger partial charge in [0.2, 0.25) is 11.8 Å². The van der Waals surface area contributed by atoms with Crippen molar-refractivity contribution in [3.8, 4) is 17.2 Å². The summed E-state index contributed by atoms with van der Waals surface area (Å²) in [4.78, 5) is 57.1. The van der Waals surface area contributed by atoms with Crippen LogP contribution in [0.5, 0.6) is 17.2 Å². The first-order valence-corrected chi connectivity index (χ1v) is 14.7. The minimum atomic E-state index is -0.866. The fraction of sp³-hybridized carbons (Fsp3) is 0.172. The number of amides is 3. The van der Waals surface area contributed by atoms with E-state index in [1.807, 2.05) is 0 Å². The zero-order chi connectivity index (χ0) is 29.5. The number of thioether (sulfide) groups is 1. The molecule has 4 aromatic rings. The van der Waals surface area contributed by atoms with E-state index in [0.29, 0.717) is 37.6 Å². The highest BCUT2D eigenvalue weighted by molar-refractivity contribution is 8.00. The average Bonchev–Trinajstić information content (AvgIpc) is 3.47. The zero-order valence-corrected chi connectivity index (χ0v) is 24.2. The Kier molecular flexibility index (Phi) is 7.43. The number of phenolic OH excluding ortho intramolecular Hbond substituents is 1. The van der Waals surface area contributed by atoms with E-state index >= 15 is 0 Å². The standard InChI is InChI=1S/C29H22ClN3O7S2/c1-39-18-9-5-16(6-10-18)33-27(36)23-22(24-26(32-29(38)42-24)41-25(23)28(33)37)19-12-14(30)2-11-20(19)40-13-21(35)31-15-3-7-17(34)8-4-15/h2-12,22-23,25,34H,13H2,1H3,(H,31,35)(H,32,38). The molecule has 0 radical (unpaired) electrons. The number of halogens is 1. The monoisotopic (exact) mass is 623 g/mol. The molecule has 1 fully saturated rings. The summed E-state index contributed by atoms with van der Waals surface area (Å²) in [6, 6.07) is 17.4. The number of nitrogens with zero attached hydrogens (tertiary/aromatic N) is 1. The number of nitrogens with one attached hydrogen (secondary N) is 2. The Morgan fingerprint density at radius 1 is 1.05 bits per heavy atom. The van der Waals surface area contributed by atoms with Gasteiger partial charge in [0.1, 0.15) is 22.5 Å². The number of anilines is 2. The number of fused-ring (bicyclic) bond motifs is 2. The Balaban J connectivity index is 1.35. The lowest BCUT2D eigenvalue weighted by Crippen LogP contribution is -2.32. The lowest BCUT2D eigenvalue weighted by Gasteiger charge is -2.31. The predicted molar refractivity (Wildman–Crippen MR) is 159 cm³/mol. The van der Waals surface area contributed by atoms with Gasteiger partial charge in [0.15, 0.2) is 6.61 Å². The molecule has 3 unspecified atom stereocenters. The van der Waals surface area contributed by atoms with E-state index in [4.69, 9.17) is 21.1 Å². The molecule has 3 aromatic carbocycles. The summed E-state index contributed by atoms with van der Waals surface area (Å²) in [7, 11) is 1.53. The van der Waals surface area contributed by atoms with Crippen molar-refractivity contribution < 1.29 is 29.0 Å². The van der Waals surface area contributed by atoms with Crippen molar-refractivity contribution in [3.05, 3.63) is 91.9 Å².